The van der Waals surface area contributed by atoms with E-state index in [2.05, 4.69) is 22.3 Å². The Balaban J connectivity index is 1.37. The summed E-state index contributed by atoms with van der Waals surface area (Å²) >= 11 is 0. The van der Waals surface area contributed by atoms with Crippen molar-refractivity contribution in [2.24, 2.45) is 0 Å². The zero-order chi connectivity index (χ0) is 24.0. The van der Waals surface area contributed by atoms with E-state index >= 15 is 0 Å². The third-order valence-electron chi connectivity index (χ3n) is 5.82. The number of amides is 2. The van der Waals surface area contributed by atoms with Crippen LogP contribution in [0, 0.1) is 0 Å². The van der Waals surface area contributed by atoms with Gasteiger partial charge in [0.1, 0.15) is 0 Å². The van der Waals surface area contributed by atoms with Gasteiger partial charge in [-0.05, 0) is 36.4 Å². The highest BCUT2D eigenvalue weighted by Gasteiger charge is 2.24. The molecular formula is C26H27N3O4S. The van der Waals surface area contributed by atoms with E-state index in [1.165, 1.54) is 12.1 Å². The molecule has 0 unspecified atom stereocenters. The first-order valence-corrected chi connectivity index (χ1v) is 12.9. The normalized spacial score (nSPS) is 14.0. The molecule has 1 N–H and O–H groups in total. The third-order valence-corrected chi connectivity index (χ3v) is 7.55. The van der Waals surface area contributed by atoms with Crippen molar-refractivity contribution in [1.29, 1.82) is 0 Å². The molecule has 0 spiro atoms. The molecule has 7 nitrogen and oxygen atoms in total. The Labute approximate surface area is 199 Å². The molecule has 8 heteroatoms. The molecule has 1 aliphatic heterocycles. The number of nitrogens with one attached hydrogen (secondary N) is 1. The first kappa shape index (κ1) is 23.5. The molecule has 1 fully saturated rings. The van der Waals surface area contributed by atoms with Crippen molar-refractivity contribution in [2.75, 3.05) is 42.1 Å². The fraction of sp³-hybridized carbons (Fsp3) is 0.231. The number of carbonyl (C=O) groups excluding carboxylic acids is 2. The summed E-state index contributed by atoms with van der Waals surface area (Å²) in [6, 6.07) is 25.0. The molecule has 3 aromatic carbocycles. The molecule has 4 rings (SSSR count). The molecule has 2 amide bonds. The van der Waals surface area contributed by atoms with Crippen molar-refractivity contribution in [1.82, 2.24) is 4.90 Å². The predicted octanol–water partition coefficient (Wildman–Crippen LogP) is 3.45. The fourth-order valence-electron chi connectivity index (χ4n) is 3.94. The summed E-state index contributed by atoms with van der Waals surface area (Å²) < 4.78 is 24.9. The van der Waals surface area contributed by atoms with Crippen molar-refractivity contribution in [3.8, 4) is 0 Å². The number of rotatable bonds is 7. The van der Waals surface area contributed by atoms with Gasteiger partial charge < -0.3 is 15.1 Å². The van der Waals surface area contributed by atoms with E-state index in [4.69, 9.17) is 0 Å². The average molecular weight is 478 g/mol. The Bertz CT molecular complexity index is 1240. The molecule has 0 aliphatic carbocycles. The summed E-state index contributed by atoms with van der Waals surface area (Å²) in [4.78, 5) is 30.0. The molecule has 0 saturated carbocycles. The van der Waals surface area contributed by atoms with Crippen LogP contribution < -0.4 is 10.2 Å². The molecular weight excluding hydrogens is 450 g/mol. The van der Waals surface area contributed by atoms with Crippen molar-refractivity contribution in [2.45, 2.75) is 11.3 Å². The maximum atomic E-state index is 13.2. The molecule has 0 atom stereocenters. The van der Waals surface area contributed by atoms with E-state index in [0.29, 0.717) is 24.3 Å². The quantitative estimate of drug-likeness (QED) is 0.563. The van der Waals surface area contributed by atoms with E-state index < -0.39 is 15.7 Å². The van der Waals surface area contributed by atoms with Crippen molar-refractivity contribution >= 4 is 33.0 Å². The number of para-hydroxylation sites is 2. The lowest BCUT2D eigenvalue weighted by Gasteiger charge is -2.36. The van der Waals surface area contributed by atoms with Crippen molar-refractivity contribution in [3.05, 3.63) is 90.5 Å². The van der Waals surface area contributed by atoms with E-state index in [1.807, 2.05) is 18.2 Å². The maximum absolute atomic E-state index is 13.2. The highest BCUT2D eigenvalue weighted by Crippen LogP contribution is 2.21. The average Bonchev–Trinajstić information content (AvgIpc) is 2.89. The van der Waals surface area contributed by atoms with Gasteiger partial charge in [-0.2, -0.15) is 0 Å². The van der Waals surface area contributed by atoms with Crippen molar-refractivity contribution < 1.29 is 18.0 Å². The van der Waals surface area contributed by atoms with Gasteiger partial charge >= 0.3 is 0 Å². The van der Waals surface area contributed by atoms with Crippen LogP contribution in [0.1, 0.15) is 16.8 Å². The topological polar surface area (TPSA) is 86.8 Å². The first-order valence-electron chi connectivity index (χ1n) is 11.2. The maximum Gasteiger partial charge on any atom is 0.256 e. The van der Waals surface area contributed by atoms with Gasteiger partial charge in [-0.1, -0.05) is 48.5 Å². The minimum absolute atomic E-state index is 0.152. The summed E-state index contributed by atoms with van der Waals surface area (Å²) in [6.07, 6.45) is -0.199. The summed E-state index contributed by atoms with van der Waals surface area (Å²) in [5, 5.41) is 2.73. The van der Waals surface area contributed by atoms with Gasteiger partial charge in [0.2, 0.25) is 5.91 Å². The monoisotopic (exact) mass is 477 g/mol. The Morgan fingerprint density at radius 2 is 1.35 bits per heavy atom. The van der Waals surface area contributed by atoms with Crippen LogP contribution in [0.3, 0.4) is 0 Å². The molecule has 176 valence electrons. The lowest BCUT2D eigenvalue weighted by molar-refractivity contribution is -0.115. The second-order valence-electron chi connectivity index (χ2n) is 8.09. The van der Waals surface area contributed by atoms with Gasteiger partial charge in [0.25, 0.3) is 5.91 Å². The summed E-state index contributed by atoms with van der Waals surface area (Å²) in [5.41, 5.74) is 1.92. The molecule has 1 aliphatic rings. The van der Waals surface area contributed by atoms with E-state index in [-0.39, 0.29) is 23.0 Å². The standard InChI is InChI=1S/C26H27N3O4S/c30-25(15-20-34(32,33)22-11-5-2-6-12-22)27-24-14-8-7-13-23(24)26(31)29-18-16-28(17-19-29)21-9-3-1-4-10-21/h1-14H,15-20H2,(H,27,30). The van der Waals surface area contributed by atoms with Gasteiger partial charge in [0.15, 0.2) is 9.84 Å². The molecule has 3 aromatic rings. The number of carbonyl (C=O) groups is 2. The summed E-state index contributed by atoms with van der Waals surface area (Å²) in [5.74, 6) is -0.908. The smallest absolute Gasteiger partial charge is 0.256 e. The predicted molar refractivity (Wildman–Crippen MR) is 133 cm³/mol. The Morgan fingerprint density at radius 1 is 0.765 bits per heavy atom. The number of anilines is 2. The second-order valence-corrected chi connectivity index (χ2v) is 10.2. The minimum atomic E-state index is -3.56. The Hall–Kier alpha value is -3.65. The van der Waals surface area contributed by atoms with Crippen LogP contribution in [0.2, 0.25) is 0 Å². The van der Waals surface area contributed by atoms with Crippen LogP contribution in [0.5, 0.6) is 0 Å². The van der Waals surface area contributed by atoms with Crippen LogP contribution in [0.15, 0.2) is 89.8 Å². The van der Waals surface area contributed by atoms with E-state index in [0.717, 1.165) is 18.8 Å². The second kappa shape index (κ2) is 10.5. The van der Waals surface area contributed by atoms with Gasteiger partial charge in [0.05, 0.1) is 21.9 Å². The van der Waals surface area contributed by atoms with Gasteiger partial charge in [0, 0.05) is 38.3 Å². The molecule has 0 bridgehead atoms. The number of piperazine rings is 1. The molecule has 0 radical (unpaired) electrons. The molecule has 0 aromatic heterocycles. The molecule has 1 saturated heterocycles. The van der Waals surface area contributed by atoms with Crippen LogP contribution in [0.4, 0.5) is 11.4 Å². The lowest BCUT2D eigenvalue weighted by atomic mass is 10.1. The fourth-order valence-corrected chi connectivity index (χ4v) is 5.20. The SMILES string of the molecule is O=C(CCS(=O)(=O)c1ccccc1)Nc1ccccc1C(=O)N1CCN(c2ccccc2)CC1. The lowest BCUT2D eigenvalue weighted by Crippen LogP contribution is -2.48. The van der Waals surface area contributed by atoms with Crippen molar-refractivity contribution in [3.63, 3.8) is 0 Å². The van der Waals surface area contributed by atoms with E-state index in [9.17, 15) is 18.0 Å². The van der Waals surface area contributed by atoms with Gasteiger partial charge in [-0.25, -0.2) is 8.42 Å². The first-order chi connectivity index (χ1) is 16.4. The largest absolute Gasteiger partial charge is 0.368 e. The van der Waals surface area contributed by atoms with E-state index in [1.54, 1.807) is 47.4 Å². The molecule has 1 heterocycles. The highest BCUT2D eigenvalue weighted by atomic mass is 32.2. The molecule has 34 heavy (non-hydrogen) atoms. The number of nitrogens with zero attached hydrogens (tertiary/aromatic N) is 2. The third kappa shape index (κ3) is 5.63. The zero-order valence-corrected chi connectivity index (χ0v) is 19.6. The number of sulfone groups is 1. The van der Waals surface area contributed by atoms with Crippen LogP contribution in [-0.4, -0.2) is 57.1 Å². The van der Waals surface area contributed by atoms with Crippen LogP contribution in [-0.2, 0) is 14.6 Å². The Morgan fingerprint density at radius 3 is 2.03 bits per heavy atom. The number of benzene rings is 3. The minimum Gasteiger partial charge on any atom is -0.368 e. The highest BCUT2D eigenvalue weighted by molar-refractivity contribution is 7.91. The zero-order valence-electron chi connectivity index (χ0n) is 18.8. The number of hydrogen-bond donors (Lipinski definition) is 1. The number of hydrogen-bond acceptors (Lipinski definition) is 5. The summed E-state index contributed by atoms with van der Waals surface area (Å²) in [7, 11) is -3.56. The van der Waals surface area contributed by atoms with Gasteiger partial charge in [-0.3, -0.25) is 9.59 Å². The van der Waals surface area contributed by atoms with Crippen LogP contribution in [0.25, 0.3) is 0 Å². The Kier molecular flexibility index (Phi) is 7.27. The van der Waals surface area contributed by atoms with Gasteiger partial charge in [-0.15, -0.1) is 0 Å². The van der Waals surface area contributed by atoms with Crippen LogP contribution >= 0.6 is 0 Å². The summed E-state index contributed by atoms with van der Waals surface area (Å²) in [6.45, 7) is 2.60.